The maximum Gasteiger partial charge on any atom is 0.345 e. The Labute approximate surface area is 124 Å². The number of nitro benzene ring substituents is 1. The highest BCUT2D eigenvalue weighted by molar-refractivity contribution is 6.00. The Kier molecular flexibility index (Phi) is 4.47. The van der Waals surface area contributed by atoms with Crippen molar-refractivity contribution in [3.05, 3.63) is 69.8 Å². The maximum absolute atomic E-state index is 11.8. The lowest BCUT2D eigenvalue weighted by molar-refractivity contribution is -0.385. The van der Waals surface area contributed by atoms with Gasteiger partial charge in [0.1, 0.15) is 11.3 Å². The lowest BCUT2D eigenvalue weighted by atomic mass is 10.1. The standard InChI is InChI=1S/C15H11NO6/c17-11-7-5-10(6-8-11)14(18)9-22-15(19)12-3-1-2-4-13(12)16(20)21/h1-8,17H,9H2. The molecule has 22 heavy (non-hydrogen) atoms. The number of benzene rings is 2. The van der Waals surface area contributed by atoms with Crippen LogP contribution in [0, 0.1) is 10.1 Å². The number of nitro groups is 1. The third kappa shape index (κ3) is 3.45. The number of ether oxygens (including phenoxy) is 1. The third-order valence-corrected chi connectivity index (χ3v) is 2.84. The Morgan fingerprint density at radius 3 is 2.36 bits per heavy atom. The summed E-state index contributed by atoms with van der Waals surface area (Å²) in [6.07, 6.45) is 0. The van der Waals surface area contributed by atoms with Gasteiger partial charge in [0.15, 0.2) is 12.4 Å². The zero-order valence-corrected chi connectivity index (χ0v) is 11.3. The topological polar surface area (TPSA) is 107 Å². The number of hydrogen-bond acceptors (Lipinski definition) is 6. The Morgan fingerprint density at radius 1 is 1.09 bits per heavy atom. The van der Waals surface area contributed by atoms with E-state index in [9.17, 15) is 19.7 Å². The Balaban J connectivity index is 2.06. The number of para-hydroxylation sites is 1. The van der Waals surface area contributed by atoms with E-state index in [-0.39, 0.29) is 22.6 Å². The molecule has 0 saturated carbocycles. The molecule has 112 valence electrons. The van der Waals surface area contributed by atoms with E-state index in [1.165, 1.54) is 48.5 Å². The predicted molar refractivity (Wildman–Crippen MR) is 75.8 cm³/mol. The second-order valence-electron chi connectivity index (χ2n) is 4.32. The molecular weight excluding hydrogens is 290 g/mol. The van der Waals surface area contributed by atoms with Crippen LogP contribution in [0.15, 0.2) is 48.5 Å². The maximum atomic E-state index is 11.8. The van der Waals surface area contributed by atoms with Gasteiger partial charge in [-0.1, -0.05) is 12.1 Å². The highest BCUT2D eigenvalue weighted by Gasteiger charge is 2.21. The number of phenols is 1. The molecule has 0 aliphatic carbocycles. The largest absolute Gasteiger partial charge is 0.508 e. The normalized spacial score (nSPS) is 10.0. The Bertz CT molecular complexity index is 723. The molecule has 2 aromatic rings. The number of esters is 1. The number of Topliss-reactive ketones (excluding diaryl/α,β-unsaturated/α-hetero) is 1. The lowest BCUT2D eigenvalue weighted by Gasteiger charge is -2.05. The summed E-state index contributed by atoms with van der Waals surface area (Å²) in [5.41, 5.74) is -0.344. The summed E-state index contributed by atoms with van der Waals surface area (Å²) < 4.78 is 4.81. The molecule has 0 radical (unpaired) electrons. The van der Waals surface area contributed by atoms with Gasteiger partial charge in [-0.2, -0.15) is 0 Å². The molecule has 0 unspecified atom stereocenters. The van der Waals surface area contributed by atoms with Crippen molar-refractivity contribution in [2.75, 3.05) is 6.61 Å². The average Bonchev–Trinajstić information content (AvgIpc) is 2.53. The Morgan fingerprint density at radius 2 is 1.73 bits per heavy atom. The smallest absolute Gasteiger partial charge is 0.345 e. The molecule has 2 aromatic carbocycles. The molecule has 0 bridgehead atoms. The quantitative estimate of drug-likeness (QED) is 0.393. The van der Waals surface area contributed by atoms with Crippen LogP contribution >= 0.6 is 0 Å². The molecule has 0 aliphatic heterocycles. The number of carbonyl (C=O) groups excluding carboxylic acids is 2. The van der Waals surface area contributed by atoms with Crippen LogP contribution in [0.1, 0.15) is 20.7 Å². The Hall–Kier alpha value is -3.22. The molecule has 0 heterocycles. The fraction of sp³-hybridized carbons (Fsp3) is 0.0667. The van der Waals surface area contributed by atoms with Gasteiger partial charge in [-0.25, -0.2) is 4.79 Å². The van der Waals surface area contributed by atoms with Crippen LogP contribution in [0.5, 0.6) is 5.75 Å². The van der Waals surface area contributed by atoms with Gasteiger partial charge in [0.25, 0.3) is 5.69 Å². The first-order valence-electron chi connectivity index (χ1n) is 6.22. The third-order valence-electron chi connectivity index (χ3n) is 2.84. The van der Waals surface area contributed by atoms with Gasteiger partial charge in [0.2, 0.25) is 0 Å². The van der Waals surface area contributed by atoms with Crippen LogP contribution in [0.25, 0.3) is 0 Å². The minimum atomic E-state index is -0.945. The van der Waals surface area contributed by atoms with Crippen LogP contribution in [-0.2, 0) is 4.74 Å². The number of ketones is 1. The molecule has 0 aromatic heterocycles. The molecule has 7 nitrogen and oxygen atoms in total. The summed E-state index contributed by atoms with van der Waals surface area (Å²) in [4.78, 5) is 33.8. The van der Waals surface area contributed by atoms with Crippen molar-refractivity contribution >= 4 is 17.4 Å². The van der Waals surface area contributed by atoms with Crippen LogP contribution < -0.4 is 0 Å². The molecule has 0 spiro atoms. The molecule has 0 fully saturated rings. The van der Waals surface area contributed by atoms with E-state index in [0.717, 1.165) is 0 Å². The van der Waals surface area contributed by atoms with Gasteiger partial charge in [-0.15, -0.1) is 0 Å². The monoisotopic (exact) mass is 301 g/mol. The van der Waals surface area contributed by atoms with Gasteiger partial charge < -0.3 is 9.84 Å². The number of carbonyl (C=O) groups is 2. The number of aromatic hydroxyl groups is 1. The minimum absolute atomic E-state index is 0.00783. The second-order valence-corrected chi connectivity index (χ2v) is 4.32. The molecule has 0 atom stereocenters. The molecule has 0 aliphatic rings. The SMILES string of the molecule is O=C(COC(=O)c1ccccc1[N+](=O)[O-])c1ccc(O)cc1. The van der Waals surface area contributed by atoms with Crippen LogP contribution in [0.4, 0.5) is 5.69 Å². The molecule has 0 amide bonds. The summed E-state index contributed by atoms with van der Waals surface area (Å²) >= 11 is 0. The number of nitrogens with zero attached hydrogens (tertiary/aromatic N) is 1. The fourth-order valence-electron chi connectivity index (χ4n) is 1.74. The number of rotatable bonds is 5. The van der Waals surface area contributed by atoms with Gasteiger partial charge in [0.05, 0.1) is 4.92 Å². The fourth-order valence-corrected chi connectivity index (χ4v) is 1.74. The van der Waals surface area contributed by atoms with Crippen molar-refractivity contribution in [2.24, 2.45) is 0 Å². The van der Waals surface area contributed by atoms with E-state index in [1.54, 1.807) is 0 Å². The van der Waals surface area contributed by atoms with E-state index in [4.69, 9.17) is 9.84 Å². The zero-order valence-electron chi connectivity index (χ0n) is 11.3. The first-order valence-corrected chi connectivity index (χ1v) is 6.22. The van der Waals surface area contributed by atoms with E-state index in [2.05, 4.69) is 0 Å². The number of hydrogen-bond donors (Lipinski definition) is 1. The molecule has 2 rings (SSSR count). The van der Waals surface area contributed by atoms with Crippen molar-refractivity contribution in [3.8, 4) is 5.75 Å². The summed E-state index contributed by atoms with van der Waals surface area (Å²) in [7, 11) is 0. The molecule has 1 N–H and O–H groups in total. The second kappa shape index (κ2) is 6.49. The van der Waals surface area contributed by atoms with Gasteiger partial charge >= 0.3 is 5.97 Å². The molecule has 7 heteroatoms. The summed E-state index contributed by atoms with van der Waals surface area (Å²) in [6, 6.07) is 10.8. The van der Waals surface area contributed by atoms with Crippen molar-refractivity contribution in [1.29, 1.82) is 0 Å². The summed E-state index contributed by atoms with van der Waals surface area (Å²) in [6.45, 7) is -0.546. The van der Waals surface area contributed by atoms with Crippen molar-refractivity contribution in [2.45, 2.75) is 0 Å². The van der Waals surface area contributed by atoms with E-state index in [0.29, 0.717) is 0 Å². The molecular formula is C15H11NO6. The zero-order chi connectivity index (χ0) is 16.1. The van der Waals surface area contributed by atoms with Gasteiger partial charge in [0, 0.05) is 11.6 Å². The summed E-state index contributed by atoms with van der Waals surface area (Å²) in [5.74, 6) is -1.42. The highest BCUT2D eigenvalue weighted by Crippen LogP contribution is 2.18. The average molecular weight is 301 g/mol. The van der Waals surface area contributed by atoms with Crippen LogP contribution in [0.3, 0.4) is 0 Å². The highest BCUT2D eigenvalue weighted by atomic mass is 16.6. The number of phenolic OH excluding ortho intramolecular Hbond substituents is 1. The van der Waals surface area contributed by atoms with Crippen molar-refractivity contribution < 1.29 is 24.4 Å². The van der Waals surface area contributed by atoms with Crippen LogP contribution in [0.2, 0.25) is 0 Å². The minimum Gasteiger partial charge on any atom is -0.508 e. The summed E-state index contributed by atoms with van der Waals surface area (Å²) in [5, 5.41) is 20.0. The van der Waals surface area contributed by atoms with Gasteiger partial charge in [-0.3, -0.25) is 14.9 Å². The predicted octanol–water partition coefficient (Wildman–Crippen LogP) is 2.34. The molecule has 0 saturated heterocycles. The first-order chi connectivity index (χ1) is 10.5. The van der Waals surface area contributed by atoms with E-state index < -0.39 is 23.3 Å². The van der Waals surface area contributed by atoms with Crippen molar-refractivity contribution in [3.63, 3.8) is 0 Å². The lowest BCUT2D eigenvalue weighted by Crippen LogP contribution is -2.15. The first kappa shape index (κ1) is 15.2. The van der Waals surface area contributed by atoms with E-state index in [1.807, 2.05) is 0 Å². The van der Waals surface area contributed by atoms with Crippen molar-refractivity contribution in [1.82, 2.24) is 0 Å². The van der Waals surface area contributed by atoms with E-state index >= 15 is 0 Å². The van der Waals surface area contributed by atoms with Gasteiger partial charge in [-0.05, 0) is 30.3 Å². The van der Waals surface area contributed by atoms with Crippen LogP contribution in [-0.4, -0.2) is 28.4 Å².